The number of para-hydroxylation sites is 1. The molecule has 122 valence electrons. The minimum Gasteiger partial charge on any atom is -0.348 e. The Morgan fingerprint density at radius 2 is 1.91 bits per heavy atom. The Bertz CT molecular complexity index is 711. The Kier molecular flexibility index (Phi) is 3.58. The van der Waals surface area contributed by atoms with Crippen LogP contribution in [-0.2, 0) is 0 Å². The first-order chi connectivity index (χ1) is 11.1. The molecular formula is C17H23N5O. The van der Waals surface area contributed by atoms with Gasteiger partial charge < -0.3 is 10.2 Å². The topological polar surface area (TPSA) is 64.3 Å². The largest absolute Gasteiger partial charge is 0.348 e. The van der Waals surface area contributed by atoms with Crippen LogP contribution in [0.1, 0.15) is 23.3 Å². The second-order valence-corrected chi connectivity index (χ2v) is 6.95. The van der Waals surface area contributed by atoms with Crippen LogP contribution in [0.3, 0.4) is 0 Å². The maximum atomic E-state index is 12.6. The number of nitrogens with zero attached hydrogens (tertiary/aromatic N) is 3. The normalized spacial score (nSPS) is 28.9. The van der Waals surface area contributed by atoms with Crippen molar-refractivity contribution in [1.29, 1.82) is 0 Å². The number of fused-ring (bicyclic) bond motifs is 3. The number of likely N-dealkylation sites (N-methyl/N-ethyl adjacent to an activating group) is 2. The summed E-state index contributed by atoms with van der Waals surface area (Å²) in [4.78, 5) is 17.5. The highest BCUT2D eigenvalue weighted by Gasteiger charge is 2.38. The Morgan fingerprint density at radius 3 is 2.65 bits per heavy atom. The van der Waals surface area contributed by atoms with Crippen LogP contribution in [-0.4, -0.2) is 71.2 Å². The summed E-state index contributed by atoms with van der Waals surface area (Å²) < 4.78 is 0. The average molecular weight is 313 g/mol. The number of nitrogens with one attached hydrogen (secondary N) is 2. The molecule has 2 fully saturated rings. The molecule has 2 bridgehead atoms. The van der Waals surface area contributed by atoms with Crippen LogP contribution in [0, 0.1) is 0 Å². The van der Waals surface area contributed by atoms with Gasteiger partial charge in [-0.2, -0.15) is 5.10 Å². The van der Waals surface area contributed by atoms with E-state index in [1.165, 1.54) is 0 Å². The van der Waals surface area contributed by atoms with Crippen molar-refractivity contribution < 1.29 is 4.79 Å². The van der Waals surface area contributed by atoms with Crippen LogP contribution >= 0.6 is 0 Å². The molecular weight excluding hydrogens is 290 g/mol. The molecule has 2 saturated heterocycles. The van der Waals surface area contributed by atoms with Crippen molar-refractivity contribution in [3.63, 3.8) is 0 Å². The van der Waals surface area contributed by atoms with Gasteiger partial charge in [0, 0.05) is 36.6 Å². The van der Waals surface area contributed by atoms with Crippen LogP contribution in [0.4, 0.5) is 0 Å². The predicted molar refractivity (Wildman–Crippen MR) is 89.4 cm³/mol. The predicted octanol–water partition coefficient (Wildman–Crippen LogP) is 1.07. The fourth-order valence-corrected chi connectivity index (χ4v) is 4.09. The van der Waals surface area contributed by atoms with E-state index in [2.05, 4.69) is 39.4 Å². The monoisotopic (exact) mass is 313 g/mol. The summed E-state index contributed by atoms with van der Waals surface area (Å²) in [5.74, 6) is -0.0663. The second-order valence-electron chi connectivity index (χ2n) is 6.95. The molecule has 3 heterocycles. The van der Waals surface area contributed by atoms with Gasteiger partial charge in [0.15, 0.2) is 5.69 Å². The van der Waals surface area contributed by atoms with Gasteiger partial charge in [0.1, 0.15) is 0 Å². The average Bonchev–Trinajstić information content (AvgIpc) is 2.93. The zero-order valence-corrected chi connectivity index (χ0v) is 13.6. The number of aromatic nitrogens is 2. The molecule has 1 unspecified atom stereocenters. The first-order valence-electron chi connectivity index (χ1n) is 8.26. The number of carbonyl (C=O) groups excluding carboxylic acids is 1. The van der Waals surface area contributed by atoms with E-state index in [9.17, 15) is 4.79 Å². The second kappa shape index (κ2) is 5.62. The highest BCUT2D eigenvalue weighted by atomic mass is 16.2. The number of piperazine rings is 1. The number of benzene rings is 1. The third-order valence-electron chi connectivity index (χ3n) is 5.33. The van der Waals surface area contributed by atoms with Crippen molar-refractivity contribution in [2.24, 2.45) is 0 Å². The van der Waals surface area contributed by atoms with Gasteiger partial charge in [-0.05, 0) is 33.0 Å². The van der Waals surface area contributed by atoms with E-state index in [-0.39, 0.29) is 11.9 Å². The molecule has 3 atom stereocenters. The minimum atomic E-state index is -0.0663. The lowest BCUT2D eigenvalue weighted by atomic mass is 9.88. The zero-order chi connectivity index (χ0) is 16.0. The smallest absolute Gasteiger partial charge is 0.272 e. The van der Waals surface area contributed by atoms with Gasteiger partial charge in [-0.3, -0.25) is 14.8 Å². The van der Waals surface area contributed by atoms with Crippen molar-refractivity contribution in [2.75, 3.05) is 27.2 Å². The first-order valence-corrected chi connectivity index (χ1v) is 8.26. The number of H-pyrrole nitrogens is 1. The van der Waals surface area contributed by atoms with Crippen molar-refractivity contribution in [2.45, 2.75) is 31.0 Å². The van der Waals surface area contributed by atoms with Crippen LogP contribution in [0.15, 0.2) is 24.3 Å². The van der Waals surface area contributed by atoms with E-state index >= 15 is 0 Å². The number of hydrogen-bond donors (Lipinski definition) is 2. The fourth-order valence-electron chi connectivity index (χ4n) is 4.09. The van der Waals surface area contributed by atoms with E-state index in [1.54, 1.807) is 0 Å². The van der Waals surface area contributed by atoms with Gasteiger partial charge in [0.25, 0.3) is 5.91 Å². The molecule has 4 rings (SSSR count). The molecule has 2 aliphatic rings. The SMILES string of the molecule is CN1C[C@H]2CC(NC(=O)c3n[nH]c4ccccc34)C[C@@H](C1)N2C. The minimum absolute atomic E-state index is 0.0663. The lowest BCUT2D eigenvalue weighted by molar-refractivity contribution is 0.00838. The fraction of sp³-hybridized carbons (Fsp3) is 0.529. The van der Waals surface area contributed by atoms with Crippen LogP contribution < -0.4 is 5.32 Å². The maximum Gasteiger partial charge on any atom is 0.272 e. The molecule has 0 spiro atoms. The summed E-state index contributed by atoms with van der Waals surface area (Å²) in [6.45, 7) is 2.15. The van der Waals surface area contributed by atoms with E-state index in [4.69, 9.17) is 0 Å². The van der Waals surface area contributed by atoms with E-state index < -0.39 is 0 Å². The van der Waals surface area contributed by atoms with Gasteiger partial charge in [-0.1, -0.05) is 18.2 Å². The maximum absolute atomic E-state index is 12.6. The molecule has 2 aliphatic heterocycles. The van der Waals surface area contributed by atoms with E-state index in [0.29, 0.717) is 17.8 Å². The summed E-state index contributed by atoms with van der Waals surface area (Å²) in [6, 6.07) is 9.03. The Morgan fingerprint density at radius 1 is 1.22 bits per heavy atom. The summed E-state index contributed by atoms with van der Waals surface area (Å²) in [5, 5.41) is 11.2. The number of likely N-dealkylation sites (tertiary alicyclic amines) is 1. The Balaban J connectivity index is 1.49. The number of aromatic amines is 1. The summed E-state index contributed by atoms with van der Waals surface area (Å²) in [5.41, 5.74) is 1.40. The number of amides is 1. The van der Waals surface area contributed by atoms with Gasteiger partial charge in [0.05, 0.1) is 5.52 Å². The summed E-state index contributed by atoms with van der Waals surface area (Å²) >= 11 is 0. The molecule has 0 saturated carbocycles. The van der Waals surface area contributed by atoms with E-state index in [0.717, 1.165) is 36.8 Å². The van der Waals surface area contributed by atoms with Gasteiger partial charge >= 0.3 is 0 Å². The highest BCUT2D eigenvalue weighted by Crippen LogP contribution is 2.27. The van der Waals surface area contributed by atoms with Crippen LogP contribution in [0.5, 0.6) is 0 Å². The molecule has 1 aromatic carbocycles. The Labute approximate surface area is 135 Å². The molecule has 2 aromatic rings. The quantitative estimate of drug-likeness (QED) is 0.870. The lowest BCUT2D eigenvalue weighted by Crippen LogP contribution is -2.63. The molecule has 2 N–H and O–H groups in total. The van der Waals surface area contributed by atoms with Gasteiger partial charge in [-0.25, -0.2) is 0 Å². The first kappa shape index (κ1) is 14.7. The highest BCUT2D eigenvalue weighted by molar-refractivity contribution is 6.04. The summed E-state index contributed by atoms with van der Waals surface area (Å²) in [7, 11) is 4.39. The van der Waals surface area contributed by atoms with Crippen LogP contribution in [0.25, 0.3) is 10.9 Å². The summed E-state index contributed by atoms with van der Waals surface area (Å²) in [6.07, 6.45) is 2.01. The number of piperidine rings is 1. The van der Waals surface area contributed by atoms with Crippen LogP contribution in [0.2, 0.25) is 0 Å². The molecule has 6 heteroatoms. The number of hydrogen-bond acceptors (Lipinski definition) is 4. The lowest BCUT2D eigenvalue weighted by Gasteiger charge is -2.50. The molecule has 23 heavy (non-hydrogen) atoms. The van der Waals surface area contributed by atoms with Crippen molar-refractivity contribution >= 4 is 16.8 Å². The zero-order valence-electron chi connectivity index (χ0n) is 13.6. The third kappa shape index (κ3) is 2.62. The van der Waals surface area contributed by atoms with Crippen molar-refractivity contribution in [1.82, 2.24) is 25.3 Å². The van der Waals surface area contributed by atoms with Crippen molar-refractivity contribution in [3.05, 3.63) is 30.0 Å². The molecule has 6 nitrogen and oxygen atoms in total. The number of rotatable bonds is 2. The Hall–Kier alpha value is -1.92. The van der Waals surface area contributed by atoms with Crippen molar-refractivity contribution in [3.8, 4) is 0 Å². The van der Waals surface area contributed by atoms with Gasteiger partial charge in [-0.15, -0.1) is 0 Å². The standard InChI is InChI=1S/C17H23N5O/c1-21-9-12-7-11(8-13(10-21)22(12)2)18-17(23)16-14-5-3-4-6-15(14)19-20-16/h3-6,11-13H,7-10H2,1-2H3,(H,18,23)(H,19,20)/t11?,12-,13+. The third-order valence-corrected chi connectivity index (χ3v) is 5.33. The molecule has 0 aliphatic carbocycles. The van der Waals surface area contributed by atoms with E-state index in [1.807, 2.05) is 24.3 Å². The molecule has 0 radical (unpaired) electrons. The molecule has 1 aromatic heterocycles. The number of carbonyl (C=O) groups is 1. The van der Waals surface area contributed by atoms with Gasteiger partial charge in [0.2, 0.25) is 0 Å². The molecule has 1 amide bonds.